The second-order valence-electron chi connectivity index (χ2n) is 6.92. The van der Waals surface area contributed by atoms with Crippen molar-refractivity contribution in [2.45, 2.75) is 38.6 Å². The number of benzene rings is 1. The quantitative estimate of drug-likeness (QED) is 0.757. The maximum Gasteiger partial charge on any atom is 0.179 e. The summed E-state index contributed by atoms with van der Waals surface area (Å²) in [5.41, 5.74) is 0.756. The topological polar surface area (TPSA) is 20.3 Å². The largest absolute Gasteiger partial charge is 0.296 e. The molecule has 1 aromatic rings. The molecule has 114 valence electrons. The Labute approximate surface area is 132 Å². The Bertz CT molecular complexity index is 512. The van der Waals surface area contributed by atoms with Crippen molar-refractivity contribution in [2.24, 2.45) is 17.8 Å². The van der Waals surface area contributed by atoms with Crippen LogP contribution in [0.3, 0.4) is 0 Å². The number of likely N-dealkylation sites (N-methyl/N-ethyl adjacent to an activating group) is 1. The molecule has 2 nitrogen and oxygen atoms in total. The van der Waals surface area contributed by atoms with Crippen LogP contribution in [0.1, 0.15) is 43.0 Å². The van der Waals surface area contributed by atoms with Crippen LogP contribution in [0.4, 0.5) is 0 Å². The van der Waals surface area contributed by atoms with E-state index in [1.807, 2.05) is 19.1 Å². The van der Waals surface area contributed by atoms with Gasteiger partial charge in [0.1, 0.15) is 0 Å². The van der Waals surface area contributed by atoms with Gasteiger partial charge in [-0.2, -0.15) is 0 Å². The normalized spacial score (nSPS) is 29.0. The number of carbonyl (C=O) groups excluding carboxylic acids is 1. The van der Waals surface area contributed by atoms with Gasteiger partial charge in [-0.05, 0) is 75.3 Å². The highest BCUT2D eigenvalue weighted by atomic mass is 35.5. The molecule has 0 spiro atoms. The van der Waals surface area contributed by atoms with E-state index in [2.05, 4.69) is 11.9 Å². The number of carbonyl (C=O) groups is 1. The second-order valence-corrected chi connectivity index (χ2v) is 7.36. The molecule has 0 amide bonds. The second kappa shape index (κ2) is 6.10. The molecule has 2 aliphatic carbocycles. The molecule has 0 N–H and O–H groups in total. The van der Waals surface area contributed by atoms with Crippen LogP contribution in [-0.2, 0) is 0 Å². The van der Waals surface area contributed by atoms with Crippen LogP contribution in [0.5, 0.6) is 0 Å². The van der Waals surface area contributed by atoms with Crippen molar-refractivity contribution >= 4 is 17.4 Å². The predicted molar refractivity (Wildman–Crippen MR) is 86.8 cm³/mol. The summed E-state index contributed by atoms with van der Waals surface area (Å²) in [6, 6.07) is 7.17. The molecular formula is C18H24ClNO. The highest BCUT2D eigenvalue weighted by Crippen LogP contribution is 2.48. The van der Waals surface area contributed by atoms with Crippen molar-refractivity contribution < 1.29 is 4.79 Å². The average Bonchev–Trinajstić information content (AvgIpc) is 3.09. The Kier molecular flexibility index (Phi) is 4.37. The third-order valence-corrected chi connectivity index (χ3v) is 5.83. The summed E-state index contributed by atoms with van der Waals surface area (Å²) < 4.78 is 0. The Hall–Kier alpha value is -0.860. The zero-order chi connectivity index (χ0) is 15.0. The number of halogens is 1. The lowest BCUT2D eigenvalue weighted by molar-refractivity contribution is 0.0836. The predicted octanol–water partition coefficient (Wildman–Crippen LogP) is 4.28. The van der Waals surface area contributed by atoms with Gasteiger partial charge >= 0.3 is 0 Å². The fourth-order valence-electron chi connectivity index (χ4n) is 4.18. The van der Waals surface area contributed by atoms with Gasteiger partial charge < -0.3 is 0 Å². The molecule has 0 heterocycles. The van der Waals surface area contributed by atoms with E-state index in [-0.39, 0.29) is 11.8 Å². The fraction of sp³-hybridized carbons (Fsp3) is 0.611. The lowest BCUT2D eigenvalue weighted by Gasteiger charge is -2.30. The van der Waals surface area contributed by atoms with Crippen LogP contribution in [0.2, 0.25) is 5.02 Å². The maximum absolute atomic E-state index is 12.5. The number of rotatable bonds is 5. The first-order chi connectivity index (χ1) is 10.0. The van der Waals surface area contributed by atoms with E-state index in [4.69, 9.17) is 11.6 Å². The number of nitrogens with zero attached hydrogens (tertiary/aromatic N) is 1. The Balaban J connectivity index is 1.60. The van der Waals surface area contributed by atoms with Gasteiger partial charge in [0.15, 0.2) is 5.78 Å². The zero-order valence-corrected chi connectivity index (χ0v) is 13.6. The Morgan fingerprint density at radius 1 is 1.29 bits per heavy atom. The van der Waals surface area contributed by atoms with Crippen LogP contribution in [-0.4, -0.2) is 30.3 Å². The molecule has 2 fully saturated rings. The van der Waals surface area contributed by atoms with Gasteiger partial charge in [-0.3, -0.25) is 9.69 Å². The summed E-state index contributed by atoms with van der Waals surface area (Å²) in [5.74, 6) is 2.87. The van der Waals surface area contributed by atoms with Gasteiger partial charge in [0.2, 0.25) is 0 Å². The molecule has 21 heavy (non-hydrogen) atoms. The first-order valence-electron chi connectivity index (χ1n) is 8.04. The lowest BCUT2D eigenvalue weighted by atomic mass is 9.88. The number of hydrogen-bond acceptors (Lipinski definition) is 2. The van der Waals surface area contributed by atoms with Crippen LogP contribution in [0.25, 0.3) is 0 Å². The summed E-state index contributed by atoms with van der Waals surface area (Å²) in [5, 5.41) is 0.675. The monoisotopic (exact) mass is 305 g/mol. The van der Waals surface area contributed by atoms with Crippen molar-refractivity contribution in [3.8, 4) is 0 Å². The standard InChI is InChI=1S/C18H24ClNO/c1-12(18(21)14-5-7-17(19)8-6-14)20(2)11-16-10-13-3-4-15(16)9-13/h5-8,12-13,15-16H,3-4,9-11H2,1-2H3. The number of fused-ring (bicyclic) bond motifs is 2. The summed E-state index contributed by atoms with van der Waals surface area (Å²) in [6.07, 6.45) is 5.64. The van der Waals surface area contributed by atoms with Crippen molar-refractivity contribution in [1.29, 1.82) is 0 Å². The van der Waals surface area contributed by atoms with E-state index in [0.717, 1.165) is 29.9 Å². The van der Waals surface area contributed by atoms with E-state index in [0.29, 0.717) is 5.02 Å². The lowest BCUT2D eigenvalue weighted by Crippen LogP contribution is -2.40. The van der Waals surface area contributed by atoms with Crippen LogP contribution in [0.15, 0.2) is 24.3 Å². The van der Waals surface area contributed by atoms with Crippen molar-refractivity contribution in [2.75, 3.05) is 13.6 Å². The zero-order valence-electron chi connectivity index (χ0n) is 12.9. The van der Waals surface area contributed by atoms with Crippen LogP contribution >= 0.6 is 11.6 Å². The minimum Gasteiger partial charge on any atom is -0.296 e. The molecule has 4 atom stereocenters. The van der Waals surface area contributed by atoms with E-state index in [9.17, 15) is 4.79 Å². The van der Waals surface area contributed by atoms with E-state index in [1.165, 1.54) is 25.7 Å². The molecule has 0 saturated heterocycles. The summed E-state index contributed by atoms with van der Waals surface area (Å²) >= 11 is 5.89. The molecule has 2 aliphatic rings. The smallest absolute Gasteiger partial charge is 0.179 e. The van der Waals surface area contributed by atoms with E-state index < -0.39 is 0 Å². The summed E-state index contributed by atoms with van der Waals surface area (Å²) in [7, 11) is 2.09. The average molecular weight is 306 g/mol. The van der Waals surface area contributed by atoms with Crippen molar-refractivity contribution in [3.05, 3.63) is 34.9 Å². The molecular weight excluding hydrogens is 282 g/mol. The number of hydrogen-bond donors (Lipinski definition) is 0. The molecule has 2 saturated carbocycles. The van der Waals surface area contributed by atoms with E-state index in [1.54, 1.807) is 12.1 Å². The molecule has 1 aromatic carbocycles. The molecule has 0 aromatic heterocycles. The minimum atomic E-state index is -0.0645. The molecule has 4 unspecified atom stereocenters. The molecule has 2 bridgehead atoms. The third kappa shape index (κ3) is 3.17. The number of Topliss-reactive ketones (excluding diaryl/α,β-unsaturated/α-hetero) is 1. The van der Waals surface area contributed by atoms with Gasteiger partial charge in [0.25, 0.3) is 0 Å². The molecule has 0 radical (unpaired) electrons. The Morgan fingerprint density at radius 3 is 2.57 bits per heavy atom. The number of ketones is 1. The highest BCUT2D eigenvalue weighted by Gasteiger charge is 2.40. The Morgan fingerprint density at radius 2 is 2.00 bits per heavy atom. The fourth-order valence-corrected chi connectivity index (χ4v) is 4.31. The van der Waals surface area contributed by atoms with E-state index >= 15 is 0 Å². The SMILES string of the molecule is CC(C(=O)c1ccc(Cl)cc1)N(C)CC1CC2CCC1C2. The minimum absolute atomic E-state index is 0.0645. The molecule has 0 aliphatic heterocycles. The van der Waals surface area contributed by atoms with Crippen LogP contribution in [0, 0.1) is 17.8 Å². The van der Waals surface area contributed by atoms with Crippen molar-refractivity contribution in [1.82, 2.24) is 4.90 Å². The van der Waals surface area contributed by atoms with Gasteiger partial charge in [0.05, 0.1) is 6.04 Å². The van der Waals surface area contributed by atoms with Gasteiger partial charge in [0, 0.05) is 17.1 Å². The summed E-state index contributed by atoms with van der Waals surface area (Å²) in [4.78, 5) is 14.8. The van der Waals surface area contributed by atoms with Crippen molar-refractivity contribution in [3.63, 3.8) is 0 Å². The molecule has 3 rings (SSSR count). The first kappa shape index (κ1) is 15.1. The summed E-state index contributed by atoms with van der Waals surface area (Å²) in [6.45, 7) is 3.08. The van der Waals surface area contributed by atoms with Gasteiger partial charge in [-0.25, -0.2) is 0 Å². The van der Waals surface area contributed by atoms with Gasteiger partial charge in [-0.1, -0.05) is 18.0 Å². The highest BCUT2D eigenvalue weighted by molar-refractivity contribution is 6.30. The maximum atomic E-state index is 12.5. The van der Waals surface area contributed by atoms with Gasteiger partial charge in [-0.15, -0.1) is 0 Å². The van der Waals surface area contributed by atoms with Crippen LogP contribution < -0.4 is 0 Å². The first-order valence-corrected chi connectivity index (χ1v) is 8.42. The molecule has 3 heteroatoms. The third-order valence-electron chi connectivity index (χ3n) is 5.58.